The molecule has 0 bridgehead atoms. The van der Waals surface area contributed by atoms with Crippen molar-refractivity contribution in [2.75, 3.05) is 20.1 Å². The van der Waals surface area contributed by atoms with Crippen LogP contribution in [0.15, 0.2) is 0 Å². The average Bonchev–Trinajstić information content (AvgIpc) is 2.43. The molecule has 0 heterocycles. The number of rotatable bonds is 8. The molecular weight excluding hydrogens is 262 g/mol. The van der Waals surface area contributed by atoms with Crippen LogP contribution in [0.25, 0.3) is 0 Å². The second-order valence-electron chi connectivity index (χ2n) is 5.50. The molecule has 0 aromatic carbocycles. The summed E-state index contributed by atoms with van der Waals surface area (Å²) in [5.41, 5.74) is 5.42. The SMILES string of the molecule is CCC(NS(=O)(=O)N(C)CCCN)C1CCCCC1. The quantitative estimate of drug-likeness (QED) is 0.711. The minimum atomic E-state index is -3.37. The first-order valence-electron chi connectivity index (χ1n) is 7.45. The van der Waals surface area contributed by atoms with E-state index in [1.165, 1.54) is 23.6 Å². The van der Waals surface area contributed by atoms with E-state index < -0.39 is 10.2 Å². The van der Waals surface area contributed by atoms with Crippen LogP contribution in [0.3, 0.4) is 0 Å². The predicted molar refractivity (Wildman–Crippen MR) is 79.0 cm³/mol. The molecule has 1 fully saturated rings. The van der Waals surface area contributed by atoms with Gasteiger partial charge in [-0.1, -0.05) is 26.2 Å². The van der Waals surface area contributed by atoms with E-state index >= 15 is 0 Å². The zero-order valence-electron chi connectivity index (χ0n) is 12.3. The van der Waals surface area contributed by atoms with E-state index in [4.69, 9.17) is 5.73 Å². The lowest BCUT2D eigenvalue weighted by molar-refractivity contribution is 0.281. The van der Waals surface area contributed by atoms with Crippen LogP contribution in [0.1, 0.15) is 51.9 Å². The summed E-state index contributed by atoms with van der Waals surface area (Å²) in [7, 11) is -1.75. The Hall–Kier alpha value is -0.170. The molecule has 1 aliphatic rings. The van der Waals surface area contributed by atoms with Crippen LogP contribution in [0.4, 0.5) is 0 Å². The Morgan fingerprint density at radius 2 is 1.95 bits per heavy atom. The van der Waals surface area contributed by atoms with Crippen molar-refractivity contribution in [3.05, 3.63) is 0 Å². The molecule has 114 valence electrons. The molecule has 0 amide bonds. The van der Waals surface area contributed by atoms with Crippen molar-refractivity contribution in [2.24, 2.45) is 11.7 Å². The summed E-state index contributed by atoms with van der Waals surface area (Å²) in [4.78, 5) is 0. The molecule has 0 aliphatic heterocycles. The van der Waals surface area contributed by atoms with Gasteiger partial charge in [0.15, 0.2) is 0 Å². The maximum Gasteiger partial charge on any atom is 0.279 e. The van der Waals surface area contributed by atoms with E-state index in [1.807, 2.05) is 0 Å². The van der Waals surface area contributed by atoms with Crippen LogP contribution in [0.2, 0.25) is 0 Å². The highest BCUT2D eigenvalue weighted by atomic mass is 32.2. The Morgan fingerprint density at radius 3 is 2.47 bits per heavy atom. The van der Waals surface area contributed by atoms with Gasteiger partial charge < -0.3 is 5.73 Å². The highest BCUT2D eigenvalue weighted by Gasteiger charge is 2.27. The summed E-state index contributed by atoms with van der Waals surface area (Å²) in [6, 6.07) is 0.0747. The molecule has 3 N–H and O–H groups in total. The lowest BCUT2D eigenvalue weighted by Gasteiger charge is -2.31. The van der Waals surface area contributed by atoms with E-state index in [9.17, 15) is 8.42 Å². The third kappa shape index (κ3) is 5.38. The largest absolute Gasteiger partial charge is 0.330 e. The van der Waals surface area contributed by atoms with Gasteiger partial charge in [0.25, 0.3) is 10.2 Å². The van der Waals surface area contributed by atoms with Gasteiger partial charge >= 0.3 is 0 Å². The molecule has 0 spiro atoms. The molecule has 0 aromatic rings. The predicted octanol–water partition coefficient (Wildman–Crippen LogP) is 1.46. The smallest absolute Gasteiger partial charge is 0.279 e. The lowest BCUT2D eigenvalue weighted by Crippen LogP contribution is -2.47. The average molecular weight is 291 g/mol. The number of nitrogens with zero attached hydrogens (tertiary/aromatic N) is 1. The minimum absolute atomic E-state index is 0.0747. The highest BCUT2D eigenvalue weighted by Crippen LogP contribution is 2.28. The molecule has 1 rings (SSSR count). The monoisotopic (exact) mass is 291 g/mol. The van der Waals surface area contributed by atoms with Crippen LogP contribution in [-0.4, -0.2) is 38.9 Å². The molecular formula is C13H29N3O2S. The first kappa shape index (κ1) is 16.9. The van der Waals surface area contributed by atoms with E-state index in [1.54, 1.807) is 7.05 Å². The Morgan fingerprint density at radius 1 is 1.32 bits per heavy atom. The van der Waals surface area contributed by atoms with Gasteiger partial charge in [0.2, 0.25) is 0 Å². The van der Waals surface area contributed by atoms with E-state index in [2.05, 4.69) is 11.6 Å². The Bertz CT molecular complexity index is 340. The van der Waals surface area contributed by atoms with Gasteiger partial charge in [-0.2, -0.15) is 17.4 Å². The topological polar surface area (TPSA) is 75.4 Å². The van der Waals surface area contributed by atoms with Crippen molar-refractivity contribution in [1.82, 2.24) is 9.03 Å². The summed E-state index contributed by atoms with van der Waals surface area (Å²) in [6.45, 7) is 3.05. The standard InChI is InChI=1S/C13H29N3O2S/c1-3-13(12-8-5-4-6-9-12)15-19(17,18)16(2)11-7-10-14/h12-13,15H,3-11,14H2,1-2H3. The molecule has 1 aliphatic carbocycles. The van der Waals surface area contributed by atoms with Crippen LogP contribution in [0.5, 0.6) is 0 Å². The van der Waals surface area contributed by atoms with Crippen molar-refractivity contribution in [3.63, 3.8) is 0 Å². The van der Waals surface area contributed by atoms with Gasteiger partial charge in [0, 0.05) is 19.6 Å². The first-order valence-corrected chi connectivity index (χ1v) is 8.89. The zero-order chi connectivity index (χ0) is 14.3. The van der Waals surface area contributed by atoms with Gasteiger partial charge in [-0.25, -0.2) is 0 Å². The Balaban J connectivity index is 2.57. The first-order chi connectivity index (χ1) is 9.01. The van der Waals surface area contributed by atoms with E-state index in [0.717, 1.165) is 19.3 Å². The second-order valence-corrected chi connectivity index (χ2v) is 7.31. The van der Waals surface area contributed by atoms with Crippen molar-refractivity contribution >= 4 is 10.2 Å². The molecule has 1 atom stereocenters. The summed E-state index contributed by atoms with van der Waals surface area (Å²) < 4.78 is 28.7. The third-order valence-corrected chi connectivity index (χ3v) is 5.65. The van der Waals surface area contributed by atoms with Crippen LogP contribution in [0, 0.1) is 5.92 Å². The van der Waals surface area contributed by atoms with Crippen molar-refractivity contribution in [3.8, 4) is 0 Å². The normalized spacial score (nSPS) is 19.8. The number of nitrogens with one attached hydrogen (secondary N) is 1. The van der Waals surface area contributed by atoms with E-state index in [0.29, 0.717) is 25.4 Å². The second kappa shape index (κ2) is 8.19. The van der Waals surface area contributed by atoms with Gasteiger partial charge in [0.05, 0.1) is 0 Å². The lowest BCUT2D eigenvalue weighted by atomic mass is 9.83. The number of hydrogen-bond donors (Lipinski definition) is 2. The van der Waals surface area contributed by atoms with Crippen molar-refractivity contribution < 1.29 is 8.42 Å². The van der Waals surface area contributed by atoms with E-state index in [-0.39, 0.29) is 6.04 Å². The van der Waals surface area contributed by atoms with Crippen LogP contribution in [-0.2, 0) is 10.2 Å². The molecule has 0 radical (unpaired) electrons. The van der Waals surface area contributed by atoms with Crippen LogP contribution >= 0.6 is 0 Å². The van der Waals surface area contributed by atoms with Crippen molar-refractivity contribution in [2.45, 2.75) is 57.9 Å². The van der Waals surface area contributed by atoms with Crippen molar-refractivity contribution in [1.29, 1.82) is 0 Å². The molecule has 0 saturated heterocycles. The van der Waals surface area contributed by atoms with Gasteiger partial charge in [-0.05, 0) is 38.1 Å². The third-order valence-electron chi connectivity index (χ3n) is 4.05. The van der Waals surface area contributed by atoms with Gasteiger partial charge in [0.1, 0.15) is 0 Å². The summed E-state index contributed by atoms with van der Waals surface area (Å²) >= 11 is 0. The zero-order valence-corrected chi connectivity index (χ0v) is 13.1. The fraction of sp³-hybridized carbons (Fsp3) is 1.00. The number of nitrogens with two attached hydrogens (primary N) is 1. The molecule has 19 heavy (non-hydrogen) atoms. The van der Waals surface area contributed by atoms with Gasteiger partial charge in [-0.15, -0.1) is 0 Å². The highest BCUT2D eigenvalue weighted by molar-refractivity contribution is 7.87. The molecule has 1 saturated carbocycles. The summed E-state index contributed by atoms with van der Waals surface area (Å²) in [5.74, 6) is 0.497. The fourth-order valence-electron chi connectivity index (χ4n) is 2.76. The minimum Gasteiger partial charge on any atom is -0.330 e. The Labute approximate surface area is 118 Å². The Kier molecular flexibility index (Phi) is 7.28. The summed E-state index contributed by atoms with van der Waals surface area (Å²) in [5, 5.41) is 0. The molecule has 1 unspecified atom stereocenters. The maximum atomic E-state index is 12.2. The fourth-order valence-corrected chi connectivity index (χ4v) is 4.06. The molecule has 0 aromatic heterocycles. The summed E-state index contributed by atoms with van der Waals surface area (Å²) in [6.07, 6.45) is 7.58. The van der Waals surface area contributed by atoms with Gasteiger partial charge in [-0.3, -0.25) is 0 Å². The maximum absolute atomic E-state index is 12.2. The molecule has 6 heteroatoms. The van der Waals surface area contributed by atoms with Crippen LogP contribution < -0.4 is 10.5 Å². The molecule has 5 nitrogen and oxygen atoms in total. The number of hydrogen-bond acceptors (Lipinski definition) is 3.